The molecule has 0 aliphatic carbocycles. The minimum absolute atomic E-state index is 0.0298. The molecule has 15 heteroatoms. The van der Waals surface area contributed by atoms with Crippen molar-refractivity contribution in [3.63, 3.8) is 0 Å². The first-order valence-electron chi connectivity index (χ1n) is 21.0. The van der Waals surface area contributed by atoms with Gasteiger partial charge in [-0.3, -0.25) is 34.1 Å². The summed E-state index contributed by atoms with van der Waals surface area (Å²) >= 11 is 1.53. The first-order valence-corrected chi connectivity index (χ1v) is 21.8. The highest BCUT2D eigenvalue weighted by Crippen LogP contribution is 2.40. The number of fused-ring (bicyclic) bond motifs is 3. The van der Waals surface area contributed by atoms with E-state index >= 15 is 0 Å². The summed E-state index contributed by atoms with van der Waals surface area (Å²) in [7, 11) is 0. The standard InChI is InChI=1S/C43H68N8O6S/c1-13-25(10)34-40(56)46-30(19-26-20-44-28-17-15-14-16-27(26)28)36(52)45-29(18-21(2)3)37(53)47-31(22(4)5)38(54)48-32(23(6)7)39(55)49-33(24(8)9)42-51-35(41(57)50-34)43(11,12)58-42/h14-17,20-25,29-35,42,44,51H,13,18-19H2,1-12H3,(H,45,52)(H,46,56)(H,47,53)(H,48,54)(H,49,55)(H,50,57)/t25-,29+,30-,31-,32+,33-,34+,35+,42?/m0/s1. The minimum Gasteiger partial charge on any atom is -0.361 e. The zero-order valence-corrected chi connectivity index (χ0v) is 37.2. The summed E-state index contributed by atoms with van der Waals surface area (Å²) in [4.78, 5) is 88.6. The molecule has 3 heterocycles. The quantitative estimate of drug-likeness (QED) is 0.188. The third-order valence-electron chi connectivity index (χ3n) is 11.4. The number of thioether (sulfide) groups is 1. The lowest BCUT2D eigenvalue weighted by Crippen LogP contribution is -2.61. The maximum atomic E-state index is 14.5. The molecule has 0 spiro atoms. The fraction of sp³-hybridized carbons (Fsp3) is 0.674. The maximum Gasteiger partial charge on any atom is 0.243 e. The molecule has 4 rings (SSSR count). The van der Waals surface area contributed by atoms with Gasteiger partial charge in [-0.2, -0.15) is 0 Å². The number of para-hydroxylation sites is 1. The highest BCUT2D eigenvalue weighted by atomic mass is 32.2. The summed E-state index contributed by atoms with van der Waals surface area (Å²) in [5, 5.41) is 21.9. The second kappa shape index (κ2) is 19.8. The van der Waals surface area contributed by atoms with E-state index in [9.17, 15) is 28.8 Å². The van der Waals surface area contributed by atoms with Gasteiger partial charge >= 0.3 is 0 Å². The third kappa shape index (κ3) is 11.3. The molecular weight excluding hydrogens is 757 g/mol. The van der Waals surface area contributed by atoms with Crippen molar-refractivity contribution in [1.29, 1.82) is 0 Å². The number of rotatable bonds is 9. The van der Waals surface area contributed by atoms with E-state index in [4.69, 9.17) is 0 Å². The summed E-state index contributed by atoms with van der Waals surface area (Å²) in [6, 6.07) is 1.36. The molecule has 0 radical (unpaired) electrons. The van der Waals surface area contributed by atoms with Gasteiger partial charge in [-0.05, 0) is 61.5 Å². The predicted octanol–water partition coefficient (Wildman–Crippen LogP) is 3.50. The van der Waals surface area contributed by atoms with Crippen LogP contribution in [-0.4, -0.2) is 92.8 Å². The number of H-pyrrole nitrogens is 1. The Kier molecular flexibility index (Phi) is 15.9. The molecule has 2 aromatic rings. The van der Waals surface area contributed by atoms with Crippen molar-refractivity contribution in [3.8, 4) is 0 Å². The van der Waals surface area contributed by atoms with Crippen molar-refractivity contribution in [2.24, 2.45) is 29.6 Å². The highest BCUT2D eigenvalue weighted by Gasteiger charge is 2.49. The van der Waals surface area contributed by atoms with Gasteiger partial charge in [0.2, 0.25) is 35.4 Å². The summed E-state index contributed by atoms with van der Waals surface area (Å²) in [5.74, 6) is -4.01. The van der Waals surface area contributed by atoms with E-state index in [-0.39, 0.29) is 59.6 Å². The van der Waals surface area contributed by atoms with Gasteiger partial charge in [-0.15, -0.1) is 11.8 Å². The molecular formula is C43H68N8O6S. The number of amides is 6. The van der Waals surface area contributed by atoms with E-state index in [0.29, 0.717) is 6.42 Å². The molecule has 2 aliphatic heterocycles. The van der Waals surface area contributed by atoms with Crippen LogP contribution in [0.2, 0.25) is 0 Å². The predicted molar refractivity (Wildman–Crippen MR) is 229 cm³/mol. The van der Waals surface area contributed by atoms with Crippen molar-refractivity contribution in [1.82, 2.24) is 42.2 Å². The Labute approximate surface area is 348 Å². The normalized spacial score (nSPS) is 28.8. The Balaban J connectivity index is 1.82. The molecule has 322 valence electrons. The third-order valence-corrected chi connectivity index (χ3v) is 13.0. The number of hydrogen-bond donors (Lipinski definition) is 8. The van der Waals surface area contributed by atoms with Gasteiger partial charge in [0.15, 0.2) is 0 Å². The minimum atomic E-state index is -1.13. The van der Waals surface area contributed by atoms with Crippen molar-refractivity contribution < 1.29 is 28.8 Å². The van der Waals surface area contributed by atoms with Crippen LogP contribution in [0.15, 0.2) is 30.5 Å². The molecule has 58 heavy (non-hydrogen) atoms. The topological polar surface area (TPSA) is 202 Å². The number of aromatic amines is 1. The first kappa shape index (κ1) is 46.6. The SMILES string of the molecule is CC[C@H](C)[C@H]1NC(=O)[C@H]2NC(SC2(C)C)[C@H](C(C)C)NC(=O)[C@@H](C(C)C)NC(=O)[C@H](C(C)C)NC(=O)[C@@H](CC(C)C)NC(=O)[C@H](Cc2c[nH]c3ccccc23)NC1=O. The average molecular weight is 825 g/mol. The highest BCUT2D eigenvalue weighted by molar-refractivity contribution is 8.01. The molecule has 6 amide bonds. The molecule has 8 N–H and O–H groups in total. The number of carbonyl (C=O) groups is 6. The summed E-state index contributed by atoms with van der Waals surface area (Å²) in [6.07, 6.45) is 2.72. The Hall–Kier alpha value is -4.11. The molecule has 2 aliphatic rings. The Morgan fingerprint density at radius 1 is 0.638 bits per heavy atom. The van der Waals surface area contributed by atoms with Gasteiger partial charge in [0, 0.05) is 28.3 Å². The van der Waals surface area contributed by atoms with Crippen LogP contribution >= 0.6 is 11.8 Å². The fourth-order valence-corrected chi connectivity index (χ4v) is 9.38. The molecule has 1 aromatic heterocycles. The van der Waals surface area contributed by atoms with Gasteiger partial charge in [0.1, 0.15) is 36.3 Å². The monoisotopic (exact) mass is 824 g/mol. The van der Waals surface area contributed by atoms with Crippen LogP contribution in [0.3, 0.4) is 0 Å². The molecule has 1 unspecified atom stereocenters. The Morgan fingerprint density at radius 3 is 1.76 bits per heavy atom. The molecule has 2 bridgehead atoms. The first-order chi connectivity index (χ1) is 27.1. The Morgan fingerprint density at radius 2 is 1.17 bits per heavy atom. The fourth-order valence-electron chi connectivity index (χ4n) is 7.68. The molecule has 1 aromatic carbocycles. The number of nitrogens with one attached hydrogen (secondary N) is 8. The van der Waals surface area contributed by atoms with E-state index in [1.54, 1.807) is 20.0 Å². The molecule has 0 saturated carbocycles. The van der Waals surface area contributed by atoms with Crippen LogP contribution in [-0.2, 0) is 35.2 Å². The smallest absolute Gasteiger partial charge is 0.243 e. The van der Waals surface area contributed by atoms with Crippen molar-refractivity contribution >= 4 is 58.1 Å². The van der Waals surface area contributed by atoms with Crippen LogP contribution < -0.4 is 37.2 Å². The summed E-state index contributed by atoms with van der Waals surface area (Å²) < 4.78 is -0.641. The zero-order chi connectivity index (χ0) is 43.2. The van der Waals surface area contributed by atoms with Crippen molar-refractivity contribution in [2.75, 3.05) is 0 Å². The zero-order valence-electron chi connectivity index (χ0n) is 36.4. The lowest BCUT2D eigenvalue weighted by atomic mass is 9.95. The largest absolute Gasteiger partial charge is 0.361 e. The van der Waals surface area contributed by atoms with E-state index in [0.717, 1.165) is 16.5 Å². The number of aromatic nitrogens is 1. The van der Waals surface area contributed by atoms with Crippen LogP contribution in [0.25, 0.3) is 10.9 Å². The van der Waals surface area contributed by atoms with Crippen molar-refractivity contribution in [2.45, 2.75) is 155 Å². The maximum absolute atomic E-state index is 14.5. The Bertz CT molecular complexity index is 1790. The van der Waals surface area contributed by atoms with E-state index in [1.165, 1.54) is 11.8 Å². The van der Waals surface area contributed by atoms with E-state index in [2.05, 4.69) is 42.2 Å². The van der Waals surface area contributed by atoms with Gasteiger partial charge in [0.25, 0.3) is 0 Å². The molecule has 2 fully saturated rings. The van der Waals surface area contributed by atoms with Gasteiger partial charge in [0.05, 0.1) is 11.4 Å². The molecule has 9 atom stereocenters. The number of carbonyl (C=O) groups excluding carboxylic acids is 6. The van der Waals surface area contributed by atoms with Gasteiger partial charge in [-0.25, -0.2) is 0 Å². The summed E-state index contributed by atoms with van der Waals surface area (Å²) in [5.41, 5.74) is 1.65. The molecule has 2 saturated heterocycles. The van der Waals surface area contributed by atoms with Crippen LogP contribution in [0, 0.1) is 29.6 Å². The van der Waals surface area contributed by atoms with Crippen molar-refractivity contribution in [3.05, 3.63) is 36.0 Å². The summed E-state index contributed by atoms with van der Waals surface area (Å²) in [6.45, 7) is 22.8. The van der Waals surface area contributed by atoms with Crippen LogP contribution in [0.1, 0.15) is 101 Å². The van der Waals surface area contributed by atoms with Crippen LogP contribution in [0.5, 0.6) is 0 Å². The van der Waals surface area contributed by atoms with E-state index in [1.807, 2.05) is 93.5 Å². The average Bonchev–Trinajstić information content (AvgIpc) is 3.70. The van der Waals surface area contributed by atoms with Gasteiger partial charge in [-0.1, -0.05) is 93.9 Å². The number of hydrogen-bond acceptors (Lipinski definition) is 8. The van der Waals surface area contributed by atoms with Gasteiger partial charge < -0.3 is 36.9 Å². The number of benzene rings is 1. The second-order valence-corrected chi connectivity index (χ2v) is 20.0. The van der Waals surface area contributed by atoms with Crippen LogP contribution in [0.4, 0.5) is 0 Å². The molecule has 14 nitrogen and oxygen atoms in total. The lowest BCUT2D eigenvalue weighted by molar-refractivity contribution is -0.136. The second-order valence-electron chi connectivity index (χ2n) is 18.2. The lowest BCUT2D eigenvalue weighted by Gasteiger charge is -2.32. The van der Waals surface area contributed by atoms with E-state index < -0.39 is 70.7 Å².